The summed E-state index contributed by atoms with van der Waals surface area (Å²) < 4.78 is 0. The minimum absolute atomic E-state index is 0.142. The van der Waals surface area contributed by atoms with E-state index < -0.39 is 0 Å². The molecule has 1 aromatic heterocycles. The quantitative estimate of drug-likeness (QED) is 0.774. The largest absolute Gasteiger partial charge is 0.350 e. The Balaban J connectivity index is 1.66. The smallest absolute Gasteiger partial charge is 0.261 e. The van der Waals surface area contributed by atoms with Gasteiger partial charge in [-0.25, -0.2) is 9.97 Å². The number of aryl methyl sites for hydroxylation is 1. The molecule has 25 heavy (non-hydrogen) atoms. The third kappa shape index (κ3) is 4.01. The number of benzene rings is 2. The van der Waals surface area contributed by atoms with Crippen LogP contribution >= 0.6 is 0 Å². The Labute approximate surface area is 147 Å². The Kier molecular flexibility index (Phi) is 5.04. The van der Waals surface area contributed by atoms with E-state index in [-0.39, 0.29) is 5.91 Å². The van der Waals surface area contributed by atoms with Crippen LogP contribution in [0.2, 0.25) is 0 Å². The maximum absolute atomic E-state index is 12.5. The van der Waals surface area contributed by atoms with E-state index in [9.17, 15) is 4.79 Å². The van der Waals surface area contributed by atoms with Crippen molar-refractivity contribution in [2.45, 2.75) is 13.5 Å². The predicted octanol–water partition coefficient (Wildman–Crippen LogP) is 3.67. The predicted molar refractivity (Wildman–Crippen MR) is 99.7 cm³/mol. The molecule has 3 rings (SSSR count). The molecule has 0 atom stereocenters. The van der Waals surface area contributed by atoms with Gasteiger partial charge in [0.2, 0.25) is 5.95 Å². The van der Waals surface area contributed by atoms with E-state index >= 15 is 0 Å². The third-order valence-corrected chi connectivity index (χ3v) is 4.05. The SMILES string of the molecule is Cc1ccccc1CNc1ncc(C(=O)N(C)c2ccccc2)cn1. The average Bonchev–Trinajstić information content (AvgIpc) is 2.67. The topological polar surface area (TPSA) is 58.1 Å². The van der Waals surface area contributed by atoms with Crippen molar-refractivity contribution >= 4 is 17.5 Å². The molecule has 126 valence electrons. The van der Waals surface area contributed by atoms with Crippen LogP contribution in [0.25, 0.3) is 0 Å². The van der Waals surface area contributed by atoms with E-state index in [1.165, 1.54) is 11.1 Å². The van der Waals surface area contributed by atoms with Gasteiger partial charge in [-0.2, -0.15) is 0 Å². The van der Waals surface area contributed by atoms with Gasteiger partial charge in [0, 0.05) is 31.7 Å². The Hall–Kier alpha value is -3.21. The first-order valence-corrected chi connectivity index (χ1v) is 8.08. The van der Waals surface area contributed by atoms with E-state index in [1.807, 2.05) is 42.5 Å². The molecule has 1 N–H and O–H groups in total. The van der Waals surface area contributed by atoms with Crippen molar-refractivity contribution in [1.82, 2.24) is 9.97 Å². The van der Waals surface area contributed by atoms with Crippen molar-refractivity contribution in [3.05, 3.63) is 83.7 Å². The van der Waals surface area contributed by atoms with Gasteiger partial charge in [0.25, 0.3) is 5.91 Å². The second kappa shape index (κ2) is 7.57. The van der Waals surface area contributed by atoms with Crippen molar-refractivity contribution in [1.29, 1.82) is 0 Å². The Bertz CT molecular complexity index is 847. The molecule has 0 spiro atoms. The Morgan fingerprint density at radius 1 is 1.00 bits per heavy atom. The first kappa shape index (κ1) is 16.6. The van der Waals surface area contributed by atoms with Crippen LogP contribution in [0.5, 0.6) is 0 Å². The maximum Gasteiger partial charge on any atom is 0.261 e. The summed E-state index contributed by atoms with van der Waals surface area (Å²) in [5.41, 5.74) is 3.68. The van der Waals surface area contributed by atoms with Crippen molar-refractivity contribution in [2.24, 2.45) is 0 Å². The molecule has 1 amide bonds. The molecule has 0 saturated heterocycles. The summed E-state index contributed by atoms with van der Waals surface area (Å²) in [7, 11) is 1.74. The van der Waals surface area contributed by atoms with Crippen LogP contribution in [0.3, 0.4) is 0 Å². The van der Waals surface area contributed by atoms with Gasteiger partial charge >= 0.3 is 0 Å². The zero-order valence-corrected chi connectivity index (χ0v) is 14.3. The van der Waals surface area contributed by atoms with Gasteiger partial charge in [0.05, 0.1) is 5.56 Å². The number of anilines is 2. The van der Waals surface area contributed by atoms with E-state index in [1.54, 1.807) is 24.3 Å². The van der Waals surface area contributed by atoms with Crippen LogP contribution in [-0.4, -0.2) is 22.9 Å². The molecule has 0 aliphatic heterocycles. The number of nitrogens with one attached hydrogen (secondary N) is 1. The standard InChI is InChI=1S/C20H20N4O/c1-15-8-6-7-9-16(15)12-21-20-22-13-17(14-23-20)19(25)24(2)18-10-4-3-5-11-18/h3-11,13-14H,12H2,1-2H3,(H,21,22,23). The zero-order valence-electron chi connectivity index (χ0n) is 14.3. The van der Waals surface area contributed by atoms with Crippen LogP contribution in [-0.2, 0) is 6.54 Å². The molecule has 3 aromatic rings. The Morgan fingerprint density at radius 3 is 2.32 bits per heavy atom. The highest BCUT2D eigenvalue weighted by molar-refractivity contribution is 6.05. The van der Waals surface area contributed by atoms with Crippen molar-refractivity contribution in [3.63, 3.8) is 0 Å². The third-order valence-electron chi connectivity index (χ3n) is 4.05. The lowest BCUT2D eigenvalue weighted by Gasteiger charge is -2.17. The molecule has 2 aromatic carbocycles. The van der Waals surface area contributed by atoms with Crippen LogP contribution in [0.1, 0.15) is 21.5 Å². The van der Waals surface area contributed by atoms with Gasteiger partial charge in [-0.3, -0.25) is 4.79 Å². The molecule has 0 aliphatic carbocycles. The van der Waals surface area contributed by atoms with E-state index in [0.29, 0.717) is 18.1 Å². The lowest BCUT2D eigenvalue weighted by atomic mass is 10.1. The number of rotatable bonds is 5. The van der Waals surface area contributed by atoms with Gasteiger partial charge in [0.1, 0.15) is 0 Å². The summed E-state index contributed by atoms with van der Waals surface area (Å²) in [5.74, 6) is 0.360. The fourth-order valence-corrected chi connectivity index (χ4v) is 2.47. The number of amides is 1. The zero-order chi connectivity index (χ0) is 17.6. The first-order valence-electron chi connectivity index (χ1n) is 8.08. The molecular formula is C20H20N4O. The van der Waals surface area contributed by atoms with E-state index in [0.717, 1.165) is 5.69 Å². The number of carbonyl (C=O) groups is 1. The normalized spacial score (nSPS) is 10.3. The van der Waals surface area contributed by atoms with E-state index in [4.69, 9.17) is 0 Å². The molecule has 0 fully saturated rings. The molecule has 0 bridgehead atoms. The lowest BCUT2D eigenvalue weighted by molar-refractivity contribution is 0.0992. The molecule has 5 heteroatoms. The summed E-state index contributed by atoms with van der Waals surface area (Å²) in [5, 5.41) is 3.18. The van der Waals surface area contributed by atoms with Gasteiger partial charge in [-0.05, 0) is 30.2 Å². The van der Waals surface area contributed by atoms with Crippen LogP contribution < -0.4 is 10.2 Å². The molecule has 0 aliphatic rings. The number of carbonyl (C=O) groups excluding carboxylic acids is 1. The number of nitrogens with zero attached hydrogens (tertiary/aromatic N) is 3. The van der Waals surface area contributed by atoms with Gasteiger partial charge in [-0.1, -0.05) is 42.5 Å². The highest BCUT2D eigenvalue weighted by Crippen LogP contribution is 2.15. The monoisotopic (exact) mass is 332 g/mol. The Morgan fingerprint density at radius 2 is 1.64 bits per heavy atom. The molecular weight excluding hydrogens is 312 g/mol. The summed E-state index contributed by atoms with van der Waals surface area (Å²) in [6.07, 6.45) is 3.10. The van der Waals surface area contributed by atoms with Crippen LogP contribution in [0.15, 0.2) is 67.0 Å². The fourth-order valence-electron chi connectivity index (χ4n) is 2.47. The van der Waals surface area contributed by atoms with Crippen molar-refractivity contribution in [2.75, 3.05) is 17.3 Å². The average molecular weight is 332 g/mol. The number of hydrogen-bond acceptors (Lipinski definition) is 4. The summed E-state index contributed by atoms with van der Waals surface area (Å²) >= 11 is 0. The minimum atomic E-state index is -0.142. The van der Waals surface area contributed by atoms with Crippen LogP contribution in [0, 0.1) is 6.92 Å². The first-order chi connectivity index (χ1) is 12.1. The highest BCUT2D eigenvalue weighted by Gasteiger charge is 2.14. The van der Waals surface area contributed by atoms with Gasteiger partial charge in [0.15, 0.2) is 0 Å². The molecule has 0 unspecified atom stereocenters. The second-order valence-electron chi connectivity index (χ2n) is 5.78. The van der Waals surface area contributed by atoms with Gasteiger partial charge in [-0.15, -0.1) is 0 Å². The van der Waals surface area contributed by atoms with Crippen LogP contribution in [0.4, 0.5) is 11.6 Å². The summed E-state index contributed by atoms with van der Waals surface area (Å²) in [4.78, 5) is 22.6. The number of para-hydroxylation sites is 1. The summed E-state index contributed by atoms with van der Waals surface area (Å²) in [6.45, 7) is 2.71. The lowest BCUT2D eigenvalue weighted by Crippen LogP contribution is -2.26. The summed E-state index contributed by atoms with van der Waals surface area (Å²) in [6, 6.07) is 17.6. The number of aromatic nitrogens is 2. The molecule has 0 saturated carbocycles. The van der Waals surface area contributed by atoms with Crippen molar-refractivity contribution < 1.29 is 4.79 Å². The maximum atomic E-state index is 12.5. The van der Waals surface area contributed by atoms with Gasteiger partial charge < -0.3 is 10.2 Å². The molecule has 0 radical (unpaired) electrons. The highest BCUT2D eigenvalue weighted by atomic mass is 16.2. The second-order valence-corrected chi connectivity index (χ2v) is 5.78. The fraction of sp³-hybridized carbons (Fsp3) is 0.150. The molecule has 1 heterocycles. The van der Waals surface area contributed by atoms with E-state index in [2.05, 4.69) is 34.3 Å². The minimum Gasteiger partial charge on any atom is -0.350 e. The van der Waals surface area contributed by atoms with Crippen molar-refractivity contribution in [3.8, 4) is 0 Å². The number of hydrogen-bond donors (Lipinski definition) is 1. The molecule has 5 nitrogen and oxygen atoms in total.